The second-order valence-electron chi connectivity index (χ2n) is 25.1. The highest BCUT2D eigenvalue weighted by Crippen LogP contribution is 2.46. The number of benzene rings is 2. The van der Waals surface area contributed by atoms with Crippen molar-refractivity contribution >= 4 is 64.4 Å². The van der Waals surface area contributed by atoms with Gasteiger partial charge < -0.3 is 90.8 Å². The lowest BCUT2D eigenvalue weighted by atomic mass is 9.81. The van der Waals surface area contributed by atoms with E-state index in [1.54, 1.807) is 34.8 Å². The summed E-state index contributed by atoms with van der Waals surface area (Å²) in [6.45, 7) is 8.33. The largest absolute Gasteiger partial charge is 0.479 e. The number of hydrogen-bond acceptors (Lipinski definition) is 22. The first-order chi connectivity index (χ1) is 44.9. The number of esters is 1. The monoisotopic (exact) mass is 1330 g/mol. The van der Waals surface area contributed by atoms with Crippen LogP contribution in [0.25, 0.3) is 22.3 Å². The number of carboxylic acids is 1. The Labute approximate surface area is 542 Å². The van der Waals surface area contributed by atoms with Gasteiger partial charge in [-0.3, -0.25) is 38.5 Å². The number of carboxylic acid groups (broad SMARTS) is 1. The van der Waals surface area contributed by atoms with Crippen LogP contribution in [0.2, 0.25) is 0 Å². The first-order valence-electron chi connectivity index (χ1n) is 30.9. The van der Waals surface area contributed by atoms with Crippen molar-refractivity contribution in [3.63, 3.8) is 0 Å². The van der Waals surface area contributed by atoms with Gasteiger partial charge in [0.2, 0.25) is 29.9 Å². The predicted molar refractivity (Wildman–Crippen MR) is 328 cm³/mol. The normalized spacial score (nSPS) is 21.8. The van der Waals surface area contributed by atoms with Crippen molar-refractivity contribution in [1.82, 2.24) is 41.0 Å². The topological polar surface area (TPSA) is 434 Å². The Kier molecular flexibility index (Phi) is 21.3. The SMILES string of the molecule is CC[C@@]1(O)C(=O)OCc2c1cc1n(c2=O)Cc2c-1nc1cc(F)c(C)c3c1c2[C@@H](NC(=O)OCc1ccc(O[C@@H]2O[C@H](C(=O)O)[C@@H](O)[C@H](O)[C@H]2O)c(CNC(=O)CCNC(=O)[C@H](CNC(=O)CCC(C)(C)OCCC(C)(C)OC)NC(=O)[C@H](CN)N2C(=O)C=CC2=O)c1)CC3. The molecule has 6 heterocycles. The number of fused-ring (bicyclic) bond motifs is 5. The number of nitrogens with one attached hydrogen (secondary N) is 5. The number of rotatable bonds is 27. The summed E-state index contributed by atoms with van der Waals surface area (Å²) in [5.74, 6) is -8.04. The fraction of sp³-hybridized carbons (Fsp3) is 0.516. The van der Waals surface area contributed by atoms with Crippen LogP contribution in [-0.4, -0.2) is 181 Å². The van der Waals surface area contributed by atoms with Crippen LogP contribution in [0, 0.1) is 12.7 Å². The second kappa shape index (κ2) is 28.6. The summed E-state index contributed by atoms with van der Waals surface area (Å²) >= 11 is 0. The number of aryl methyl sites for hydroxylation is 1. The number of aliphatic hydroxyl groups excluding tert-OH is 3. The maximum absolute atomic E-state index is 15.6. The first kappa shape index (κ1) is 70.5. The highest BCUT2D eigenvalue weighted by molar-refractivity contribution is 6.15. The van der Waals surface area contributed by atoms with Crippen molar-refractivity contribution in [2.75, 3.05) is 33.4 Å². The molecule has 2 aromatic carbocycles. The van der Waals surface area contributed by atoms with Crippen molar-refractivity contribution < 1.29 is 101 Å². The summed E-state index contributed by atoms with van der Waals surface area (Å²) in [4.78, 5) is 138. The number of alkyl carbamates (subject to hydrolysis) is 1. The Balaban J connectivity index is 0.891. The zero-order valence-electron chi connectivity index (χ0n) is 53.3. The molecule has 1 aliphatic carbocycles. The summed E-state index contributed by atoms with van der Waals surface area (Å²) in [5.41, 5.74) is 5.42. The van der Waals surface area contributed by atoms with Gasteiger partial charge in [0.1, 0.15) is 55.2 Å². The van der Waals surface area contributed by atoms with Gasteiger partial charge in [-0.05, 0) is 107 Å². The van der Waals surface area contributed by atoms with E-state index in [-0.39, 0.29) is 90.3 Å². The molecule has 2 aromatic heterocycles. The minimum absolute atomic E-state index is 0.0329. The average molecular weight is 1330 g/mol. The molecular formula is C64H78FN9O21. The van der Waals surface area contributed by atoms with E-state index in [1.807, 2.05) is 13.8 Å². The number of methoxy groups -OCH3 is 1. The van der Waals surface area contributed by atoms with Crippen LogP contribution in [0.4, 0.5) is 9.18 Å². The van der Waals surface area contributed by atoms with E-state index in [0.717, 1.165) is 12.2 Å². The number of hydrogen-bond donors (Lipinski definition) is 11. The average Bonchev–Trinajstić information content (AvgIpc) is 1.61. The number of amides is 7. The minimum atomic E-state index is -2.12. The van der Waals surface area contributed by atoms with E-state index in [1.165, 1.54) is 34.9 Å². The van der Waals surface area contributed by atoms with Crippen molar-refractivity contribution in [2.24, 2.45) is 5.73 Å². The van der Waals surface area contributed by atoms with Gasteiger partial charge >= 0.3 is 18.0 Å². The van der Waals surface area contributed by atoms with Gasteiger partial charge in [0.15, 0.2) is 11.7 Å². The molecule has 0 unspecified atom stereocenters. The maximum atomic E-state index is 15.6. The van der Waals surface area contributed by atoms with Gasteiger partial charge in [-0.15, -0.1) is 0 Å². The van der Waals surface area contributed by atoms with Gasteiger partial charge in [0, 0.05) is 86.4 Å². The molecule has 0 spiro atoms. The van der Waals surface area contributed by atoms with Crippen molar-refractivity contribution in [3.8, 4) is 17.1 Å². The molecule has 5 aliphatic rings. The number of imide groups is 1. The van der Waals surface area contributed by atoms with Gasteiger partial charge in [-0.1, -0.05) is 13.0 Å². The third-order valence-electron chi connectivity index (χ3n) is 17.9. The van der Waals surface area contributed by atoms with Crippen LogP contribution in [0.1, 0.15) is 124 Å². The smallest absolute Gasteiger partial charge is 0.407 e. The molecule has 1 fully saturated rings. The molecule has 0 saturated carbocycles. The van der Waals surface area contributed by atoms with Crippen LogP contribution in [0.5, 0.6) is 5.75 Å². The molecule has 0 bridgehead atoms. The number of pyridine rings is 2. The molecular weight excluding hydrogens is 1250 g/mol. The maximum Gasteiger partial charge on any atom is 0.407 e. The Morgan fingerprint density at radius 1 is 0.895 bits per heavy atom. The molecule has 7 amide bonds. The van der Waals surface area contributed by atoms with Crippen LogP contribution < -0.4 is 42.6 Å². The number of carbonyl (C=O) groups excluding carboxylic acids is 8. The number of aliphatic carboxylic acids is 1. The molecule has 1 saturated heterocycles. The molecule has 4 aliphatic heterocycles. The second-order valence-corrected chi connectivity index (χ2v) is 25.1. The number of aliphatic hydroxyl groups is 4. The van der Waals surface area contributed by atoms with E-state index in [0.29, 0.717) is 52.0 Å². The van der Waals surface area contributed by atoms with Gasteiger partial charge in [-0.25, -0.2) is 23.8 Å². The zero-order chi connectivity index (χ0) is 69.2. The summed E-state index contributed by atoms with van der Waals surface area (Å²) in [6, 6.07) is 3.07. The lowest BCUT2D eigenvalue weighted by Crippen LogP contribution is -2.61. The number of cyclic esters (lactones) is 1. The summed E-state index contributed by atoms with van der Waals surface area (Å²) in [5, 5.41) is 66.7. The van der Waals surface area contributed by atoms with Crippen LogP contribution in [-0.2, 0) is 100 Å². The van der Waals surface area contributed by atoms with Gasteiger partial charge in [0.05, 0.1) is 52.9 Å². The number of halogens is 1. The van der Waals surface area contributed by atoms with Crippen LogP contribution in [0.15, 0.2) is 47.3 Å². The van der Waals surface area contributed by atoms with Gasteiger partial charge in [0.25, 0.3) is 17.4 Å². The Morgan fingerprint density at radius 2 is 1.61 bits per heavy atom. The summed E-state index contributed by atoms with van der Waals surface area (Å²) < 4.78 is 50.8. The van der Waals surface area contributed by atoms with E-state index in [9.17, 15) is 73.5 Å². The molecule has 4 aromatic rings. The summed E-state index contributed by atoms with van der Waals surface area (Å²) in [7, 11) is 1.59. The van der Waals surface area contributed by atoms with Crippen molar-refractivity contribution in [2.45, 2.75) is 178 Å². The van der Waals surface area contributed by atoms with Crippen LogP contribution in [0.3, 0.4) is 0 Å². The third-order valence-corrected chi connectivity index (χ3v) is 17.9. The van der Waals surface area contributed by atoms with Crippen LogP contribution >= 0.6 is 0 Å². The summed E-state index contributed by atoms with van der Waals surface area (Å²) in [6.07, 6.45) is -8.28. The van der Waals surface area contributed by atoms with E-state index < -0.39 is 163 Å². The van der Waals surface area contributed by atoms with E-state index >= 15 is 4.39 Å². The minimum Gasteiger partial charge on any atom is -0.479 e. The first-order valence-corrected chi connectivity index (χ1v) is 30.9. The number of aromatic nitrogens is 2. The lowest BCUT2D eigenvalue weighted by molar-refractivity contribution is -0.271. The quantitative estimate of drug-likeness (QED) is 0.0245. The van der Waals surface area contributed by atoms with Crippen molar-refractivity contribution in [3.05, 3.63) is 103 Å². The predicted octanol–water partition coefficient (Wildman–Crippen LogP) is 0.0781. The van der Waals surface area contributed by atoms with Crippen molar-refractivity contribution in [1.29, 1.82) is 0 Å². The van der Waals surface area contributed by atoms with Gasteiger partial charge in [-0.2, -0.15) is 0 Å². The Bertz CT molecular complexity index is 3820. The Morgan fingerprint density at radius 3 is 2.29 bits per heavy atom. The third kappa shape index (κ3) is 15.0. The highest BCUT2D eigenvalue weighted by Gasteiger charge is 2.49. The molecule has 9 atom stereocenters. The molecule has 0 radical (unpaired) electrons. The fourth-order valence-electron chi connectivity index (χ4n) is 12.0. The molecule has 512 valence electrons. The lowest BCUT2D eigenvalue weighted by Gasteiger charge is -2.38. The van der Waals surface area contributed by atoms with E-state index in [2.05, 4.69) is 26.6 Å². The molecule has 12 N–H and O–H groups in total. The van der Waals surface area contributed by atoms with E-state index in [4.69, 9.17) is 39.1 Å². The molecule has 30 nitrogen and oxygen atoms in total. The molecule has 31 heteroatoms. The number of nitrogens with two attached hydrogens (primary N) is 1. The Hall–Kier alpha value is -8.82. The zero-order valence-corrected chi connectivity index (χ0v) is 53.3. The molecule has 95 heavy (non-hydrogen) atoms. The fourth-order valence-corrected chi connectivity index (χ4v) is 12.0. The number of ether oxygens (including phenoxy) is 6. The highest BCUT2D eigenvalue weighted by atomic mass is 19.1. The molecule has 9 rings (SSSR count). The standard InChI is InChI=1S/C64H78FN9O21/c1-8-64(89)36-22-41-50-34(27-73(41)57(84)35(36)29-91-60(64)87)49-38(11-10-33-30(2)37(65)23-39(70-50)48(33)49)72-61(88)92-28-31-9-12-43(94-59-53(81)51(79)52(80)54(95-59)58(85)86)32(21-31)25-68-45(76)16-19-67-55(82)40(71-56(83)42(24-66)74-46(77)13-14-47(74)78)26-69-44(75)15-17-63(5,6)93-20-18-62(3,4)90-7/h9,12-14,21-23,38,40,42,51-54,59,79-81,89H,8,10-11,15-20,24-29,66H2,1-7H3,(H,67,82)(H,68,76)(H,69,75)(H,71,83)(H,72,88)(H,85,86)/t38-,40-,42-,51-,52-,53+,54-,59+,64-/m0/s1. The number of carbonyl (C=O) groups is 9. The number of nitrogens with zero attached hydrogens (tertiary/aromatic N) is 3.